The molecule has 0 spiro atoms. The zero-order valence-corrected chi connectivity index (χ0v) is 11.5. The molecule has 1 aromatic heterocycles. The van der Waals surface area contributed by atoms with Gasteiger partial charge in [0.05, 0.1) is 18.5 Å². The van der Waals surface area contributed by atoms with Gasteiger partial charge in [0.25, 0.3) is 0 Å². The predicted molar refractivity (Wildman–Crippen MR) is 69.8 cm³/mol. The van der Waals surface area contributed by atoms with Crippen LogP contribution >= 0.6 is 0 Å². The zero-order chi connectivity index (χ0) is 15.5. The van der Waals surface area contributed by atoms with Gasteiger partial charge in [0.1, 0.15) is 5.69 Å². The lowest BCUT2D eigenvalue weighted by atomic mass is 9.90. The first-order valence-corrected chi connectivity index (χ1v) is 6.44. The van der Waals surface area contributed by atoms with Gasteiger partial charge in [-0.05, 0) is 18.6 Å². The summed E-state index contributed by atoms with van der Waals surface area (Å²) in [6.07, 6.45) is -2.66. The summed E-state index contributed by atoms with van der Waals surface area (Å²) in [5.41, 5.74) is -0.896. The van der Waals surface area contributed by atoms with Gasteiger partial charge < -0.3 is 15.4 Å². The SMILES string of the molecule is CC1(CNC(=O)Nc2ccc(C(F)(F)F)nc2)CCOC1. The van der Waals surface area contributed by atoms with E-state index in [1.54, 1.807) is 0 Å². The van der Waals surface area contributed by atoms with Crippen molar-refractivity contribution in [1.82, 2.24) is 10.3 Å². The fraction of sp³-hybridized carbons (Fsp3) is 0.538. The van der Waals surface area contributed by atoms with Crippen LogP contribution < -0.4 is 10.6 Å². The Morgan fingerprint density at radius 3 is 2.76 bits per heavy atom. The fourth-order valence-electron chi connectivity index (χ4n) is 1.95. The molecule has 2 N–H and O–H groups in total. The van der Waals surface area contributed by atoms with E-state index in [9.17, 15) is 18.0 Å². The Kier molecular flexibility index (Phi) is 4.36. The van der Waals surface area contributed by atoms with E-state index in [0.717, 1.165) is 24.8 Å². The van der Waals surface area contributed by atoms with Crippen molar-refractivity contribution in [2.75, 3.05) is 25.1 Å². The number of halogens is 3. The monoisotopic (exact) mass is 303 g/mol. The number of carbonyl (C=O) groups is 1. The molecule has 116 valence electrons. The summed E-state index contributed by atoms with van der Waals surface area (Å²) in [7, 11) is 0. The molecule has 1 aliphatic rings. The molecule has 2 heterocycles. The average molecular weight is 303 g/mol. The normalized spacial score (nSPS) is 22.1. The maximum absolute atomic E-state index is 12.3. The molecule has 1 fully saturated rings. The van der Waals surface area contributed by atoms with Gasteiger partial charge in [-0.25, -0.2) is 9.78 Å². The third-order valence-electron chi connectivity index (χ3n) is 3.29. The number of ether oxygens (including phenoxy) is 1. The number of aromatic nitrogens is 1. The first-order chi connectivity index (χ1) is 9.78. The smallest absolute Gasteiger partial charge is 0.381 e. The molecule has 8 heteroatoms. The number of hydrogen-bond donors (Lipinski definition) is 2. The molecule has 2 amide bonds. The summed E-state index contributed by atoms with van der Waals surface area (Å²) < 4.78 is 42.3. The summed E-state index contributed by atoms with van der Waals surface area (Å²) in [6, 6.07) is 1.50. The lowest BCUT2D eigenvalue weighted by Gasteiger charge is -2.21. The van der Waals surface area contributed by atoms with Crippen LogP contribution in [0.4, 0.5) is 23.7 Å². The van der Waals surface area contributed by atoms with Crippen LogP contribution in [0, 0.1) is 5.41 Å². The highest BCUT2D eigenvalue weighted by atomic mass is 19.4. The van der Waals surface area contributed by atoms with Gasteiger partial charge in [-0.1, -0.05) is 6.92 Å². The molecular weight excluding hydrogens is 287 g/mol. The second-order valence-electron chi connectivity index (χ2n) is 5.35. The molecule has 0 aromatic carbocycles. The van der Waals surface area contributed by atoms with Crippen molar-refractivity contribution in [3.05, 3.63) is 24.0 Å². The van der Waals surface area contributed by atoms with Gasteiger partial charge in [-0.3, -0.25) is 0 Å². The minimum Gasteiger partial charge on any atom is -0.381 e. The minimum atomic E-state index is -4.49. The Bertz CT molecular complexity index is 496. The van der Waals surface area contributed by atoms with Crippen molar-refractivity contribution in [2.45, 2.75) is 19.5 Å². The van der Waals surface area contributed by atoms with Crippen LogP contribution in [0.2, 0.25) is 0 Å². The largest absolute Gasteiger partial charge is 0.433 e. The van der Waals surface area contributed by atoms with E-state index < -0.39 is 17.9 Å². The van der Waals surface area contributed by atoms with Crippen molar-refractivity contribution in [2.24, 2.45) is 5.41 Å². The molecule has 0 aliphatic carbocycles. The molecule has 1 aromatic rings. The number of carbonyl (C=O) groups excluding carboxylic acids is 1. The van der Waals surface area contributed by atoms with Crippen LogP contribution in [-0.2, 0) is 10.9 Å². The lowest BCUT2D eigenvalue weighted by Crippen LogP contribution is -2.38. The van der Waals surface area contributed by atoms with E-state index in [0.29, 0.717) is 19.8 Å². The number of anilines is 1. The third-order valence-corrected chi connectivity index (χ3v) is 3.29. The van der Waals surface area contributed by atoms with Crippen LogP contribution in [0.15, 0.2) is 18.3 Å². The molecule has 1 atom stereocenters. The van der Waals surface area contributed by atoms with Gasteiger partial charge in [-0.15, -0.1) is 0 Å². The van der Waals surface area contributed by atoms with Gasteiger partial charge >= 0.3 is 12.2 Å². The van der Waals surface area contributed by atoms with E-state index in [4.69, 9.17) is 4.74 Å². The maximum atomic E-state index is 12.3. The van der Waals surface area contributed by atoms with Crippen LogP contribution in [0.1, 0.15) is 19.0 Å². The molecule has 1 unspecified atom stereocenters. The van der Waals surface area contributed by atoms with E-state index in [2.05, 4.69) is 15.6 Å². The molecule has 0 radical (unpaired) electrons. The van der Waals surface area contributed by atoms with E-state index in [-0.39, 0.29) is 11.1 Å². The first-order valence-electron chi connectivity index (χ1n) is 6.44. The van der Waals surface area contributed by atoms with Crippen molar-refractivity contribution in [3.8, 4) is 0 Å². The van der Waals surface area contributed by atoms with E-state index >= 15 is 0 Å². The number of rotatable bonds is 3. The molecule has 2 rings (SSSR count). The number of alkyl halides is 3. The van der Waals surface area contributed by atoms with Gasteiger partial charge in [0, 0.05) is 18.6 Å². The van der Waals surface area contributed by atoms with E-state index in [1.807, 2.05) is 6.92 Å². The van der Waals surface area contributed by atoms with Crippen LogP contribution in [0.3, 0.4) is 0 Å². The van der Waals surface area contributed by atoms with Crippen LogP contribution in [0.5, 0.6) is 0 Å². The fourth-order valence-corrected chi connectivity index (χ4v) is 1.95. The highest BCUT2D eigenvalue weighted by Gasteiger charge is 2.32. The number of amides is 2. The van der Waals surface area contributed by atoms with Crippen molar-refractivity contribution < 1.29 is 22.7 Å². The van der Waals surface area contributed by atoms with Crippen LogP contribution in [-0.4, -0.2) is 30.8 Å². The second kappa shape index (κ2) is 5.88. The summed E-state index contributed by atoms with van der Waals surface area (Å²) in [5.74, 6) is 0. The number of nitrogens with one attached hydrogen (secondary N) is 2. The zero-order valence-electron chi connectivity index (χ0n) is 11.5. The van der Waals surface area contributed by atoms with Crippen LogP contribution in [0.25, 0.3) is 0 Å². The Morgan fingerprint density at radius 2 is 2.24 bits per heavy atom. The highest BCUT2D eigenvalue weighted by molar-refractivity contribution is 5.89. The first kappa shape index (κ1) is 15.6. The average Bonchev–Trinajstić information content (AvgIpc) is 2.84. The number of urea groups is 1. The molecule has 1 saturated heterocycles. The van der Waals surface area contributed by atoms with Gasteiger partial charge in [0.15, 0.2) is 0 Å². The summed E-state index contributed by atoms with van der Waals surface area (Å²) in [6.45, 7) is 3.69. The van der Waals surface area contributed by atoms with Crippen molar-refractivity contribution in [3.63, 3.8) is 0 Å². The quantitative estimate of drug-likeness (QED) is 0.902. The summed E-state index contributed by atoms with van der Waals surface area (Å²) >= 11 is 0. The number of pyridine rings is 1. The van der Waals surface area contributed by atoms with Gasteiger partial charge in [0.2, 0.25) is 0 Å². The molecular formula is C13H16F3N3O2. The highest BCUT2D eigenvalue weighted by Crippen LogP contribution is 2.28. The topological polar surface area (TPSA) is 63.2 Å². The number of nitrogens with zero attached hydrogens (tertiary/aromatic N) is 1. The minimum absolute atomic E-state index is 0.101. The standard InChI is InChI=1S/C13H16F3N3O2/c1-12(4-5-21-8-12)7-18-11(20)19-9-2-3-10(17-6-9)13(14,15)16/h2-3,6H,4-5,7-8H2,1H3,(H2,18,19,20). The Labute approximate surface area is 119 Å². The molecule has 0 bridgehead atoms. The second-order valence-corrected chi connectivity index (χ2v) is 5.35. The predicted octanol–water partition coefficient (Wildman–Crippen LogP) is 2.65. The Hall–Kier alpha value is -1.83. The molecule has 21 heavy (non-hydrogen) atoms. The number of hydrogen-bond acceptors (Lipinski definition) is 3. The van der Waals surface area contributed by atoms with E-state index in [1.165, 1.54) is 0 Å². The molecule has 1 aliphatic heterocycles. The Morgan fingerprint density at radius 1 is 1.48 bits per heavy atom. The summed E-state index contributed by atoms with van der Waals surface area (Å²) in [4.78, 5) is 14.9. The third kappa shape index (κ3) is 4.32. The van der Waals surface area contributed by atoms with Crippen molar-refractivity contribution in [1.29, 1.82) is 0 Å². The lowest BCUT2D eigenvalue weighted by molar-refractivity contribution is -0.141. The molecule has 0 saturated carbocycles. The summed E-state index contributed by atoms with van der Waals surface area (Å²) in [5, 5.41) is 5.12. The van der Waals surface area contributed by atoms with Crippen molar-refractivity contribution >= 4 is 11.7 Å². The van der Waals surface area contributed by atoms with Gasteiger partial charge in [-0.2, -0.15) is 13.2 Å². The Balaban J connectivity index is 1.85. The maximum Gasteiger partial charge on any atom is 0.433 e. The molecule has 5 nitrogen and oxygen atoms in total.